The van der Waals surface area contributed by atoms with Gasteiger partial charge in [0.1, 0.15) is 0 Å². The molecule has 2 aromatic rings. The van der Waals surface area contributed by atoms with Crippen molar-refractivity contribution >= 4 is 45.9 Å². The van der Waals surface area contributed by atoms with Gasteiger partial charge >= 0.3 is 0 Å². The van der Waals surface area contributed by atoms with Crippen molar-refractivity contribution in [3.63, 3.8) is 0 Å². The summed E-state index contributed by atoms with van der Waals surface area (Å²) < 4.78 is 0.871. The molecular weight excluding hydrogens is 300 g/mol. The zero-order chi connectivity index (χ0) is 13.5. The molecule has 1 N–H and O–H groups in total. The van der Waals surface area contributed by atoms with Gasteiger partial charge in [-0.3, -0.25) is 10.1 Å². The lowest BCUT2D eigenvalue weighted by Crippen LogP contribution is -2.13. The fraction of sp³-hybridized carbons (Fsp3) is 0.273. The minimum atomic E-state index is -0.0974. The number of hydrogen-bond donors (Lipinski definition) is 1. The molecule has 2 heterocycles. The summed E-state index contributed by atoms with van der Waals surface area (Å²) in [6.45, 7) is 2.05. The number of rotatable bonds is 6. The topological polar surface area (TPSA) is 67.8 Å². The van der Waals surface area contributed by atoms with E-state index < -0.39 is 0 Å². The summed E-state index contributed by atoms with van der Waals surface area (Å²) in [5, 5.41) is 12.0. The Balaban J connectivity index is 1.80. The first kappa shape index (κ1) is 14.3. The minimum Gasteiger partial charge on any atom is -0.300 e. The Hall–Kier alpha value is -1.12. The predicted molar refractivity (Wildman–Crippen MR) is 79.9 cm³/mol. The number of carbonyl (C=O) groups excluding carboxylic acids is 1. The number of nitrogens with zero attached hydrogens (tertiary/aromatic N) is 3. The Labute approximate surface area is 123 Å². The van der Waals surface area contributed by atoms with Crippen LogP contribution < -0.4 is 5.32 Å². The number of hydrogen-bond acceptors (Lipinski definition) is 7. The van der Waals surface area contributed by atoms with Gasteiger partial charge < -0.3 is 0 Å². The van der Waals surface area contributed by atoms with Crippen LogP contribution in [0, 0.1) is 0 Å². The number of pyridine rings is 1. The predicted octanol–water partition coefficient (Wildman–Crippen LogP) is 2.78. The van der Waals surface area contributed by atoms with Crippen molar-refractivity contribution in [3.05, 3.63) is 24.4 Å². The van der Waals surface area contributed by atoms with E-state index in [1.54, 1.807) is 18.0 Å². The molecule has 0 saturated heterocycles. The number of aromatic nitrogens is 3. The molecule has 0 spiro atoms. The van der Waals surface area contributed by atoms with Crippen LogP contribution in [0.3, 0.4) is 0 Å². The first-order valence-corrected chi connectivity index (χ1v) is 8.36. The SMILES string of the molecule is CCSc1nnc(NC(=O)CSc2ccccn2)s1. The maximum Gasteiger partial charge on any atom is 0.236 e. The van der Waals surface area contributed by atoms with E-state index in [0.717, 1.165) is 15.1 Å². The van der Waals surface area contributed by atoms with Gasteiger partial charge in [-0.25, -0.2) is 4.98 Å². The fourth-order valence-electron chi connectivity index (χ4n) is 1.17. The molecule has 0 atom stereocenters. The summed E-state index contributed by atoms with van der Waals surface area (Å²) >= 11 is 4.40. The van der Waals surface area contributed by atoms with E-state index in [2.05, 4.69) is 20.5 Å². The molecule has 1 amide bonds. The molecule has 0 fully saturated rings. The number of anilines is 1. The zero-order valence-corrected chi connectivity index (χ0v) is 12.6. The highest BCUT2D eigenvalue weighted by Gasteiger charge is 2.08. The zero-order valence-electron chi connectivity index (χ0n) is 10.2. The molecule has 19 heavy (non-hydrogen) atoms. The maximum atomic E-state index is 11.7. The van der Waals surface area contributed by atoms with Crippen LogP contribution >= 0.6 is 34.9 Å². The molecule has 0 aliphatic heterocycles. The smallest absolute Gasteiger partial charge is 0.236 e. The highest BCUT2D eigenvalue weighted by Crippen LogP contribution is 2.25. The number of carbonyl (C=O) groups is 1. The normalized spacial score (nSPS) is 10.4. The molecule has 8 heteroatoms. The van der Waals surface area contributed by atoms with Gasteiger partial charge in [0.05, 0.1) is 10.8 Å². The second-order valence-corrected chi connectivity index (χ2v) is 6.80. The van der Waals surface area contributed by atoms with Gasteiger partial charge in [0.15, 0.2) is 4.34 Å². The molecule has 0 radical (unpaired) electrons. The van der Waals surface area contributed by atoms with E-state index >= 15 is 0 Å². The van der Waals surface area contributed by atoms with Crippen molar-refractivity contribution in [2.45, 2.75) is 16.3 Å². The van der Waals surface area contributed by atoms with Crippen LogP contribution in [0.1, 0.15) is 6.92 Å². The average molecular weight is 312 g/mol. The molecule has 0 aliphatic carbocycles. The first-order chi connectivity index (χ1) is 9.28. The van der Waals surface area contributed by atoms with Crippen LogP contribution in [0.4, 0.5) is 5.13 Å². The monoisotopic (exact) mass is 312 g/mol. The molecule has 0 saturated carbocycles. The fourth-order valence-corrected chi connectivity index (χ4v) is 3.50. The maximum absolute atomic E-state index is 11.7. The Morgan fingerprint density at radius 3 is 3.00 bits per heavy atom. The molecule has 2 rings (SSSR count). The van der Waals surface area contributed by atoms with Gasteiger partial charge in [-0.1, -0.05) is 47.9 Å². The van der Waals surface area contributed by atoms with Gasteiger partial charge in [-0.2, -0.15) is 0 Å². The summed E-state index contributed by atoms with van der Waals surface area (Å²) in [5.74, 6) is 1.16. The Morgan fingerprint density at radius 2 is 2.26 bits per heavy atom. The lowest BCUT2D eigenvalue weighted by atomic mass is 10.5. The molecule has 0 bridgehead atoms. The highest BCUT2D eigenvalue weighted by atomic mass is 32.2. The lowest BCUT2D eigenvalue weighted by molar-refractivity contribution is -0.113. The summed E-state index contributed by atoms with van der Waals surface area (Å²) in [6, 6.07) is 5.61. The molecule has 0 unspecified atom stereocenters. The quantitative estimate of drug-likeness (QED) is 0.653. The summed E-state index contributed by atoms with van der Waals surface area (Å²) in [4.78, 5) is 15.9. The average Bonchev–Trinajstić information content (AvgIpc) is 2.85. The van der Waals surface area contributed by atoms with E-state index in [-0.39, 0.29) is 5.91 Å². The Bertz CT molecular complexity index is 532. The van der Waals surface area contributed by atoms with Crippen LogP contribution in [0.15, 0.2) is 33.8 Å². The van der Waals surface area contributed by atoms with E-state index in [0.29, 0.717) is 10.9 Å². The van der Waals surface area contributed by atoms with Crippen molar-refractivity contribution < 1.29 is 4.79 Å². The van der Waals surface area contributed by atoms with Crippen LogP contribution in [0.5, 0.6) is 0 Å². The third-order valence-corrected chi connectivity index (χ3v) is 4.71. The van der Waals surface area contributed by atoms with Gasteiger partial charge in [-0.15, -0.1) is 10.2 Å². The second kappa shape index (κ2) is 7.46. The number of thioether (sulfide) groups is 2. The molecule has 5 nitrogen and oxygen atoms in total. The third kappa shape index (κ3) is 4.81. The van der Waals surface area contributed by atoms with Crippen LogP contribution in [0.2, 0.25) is 0 Å². The van der Waals surface area contributed by atoms with E-state index in [4.69, 9.17) is 0 Å². The summed E-state index contributed by atoms with van der Waals surface area (Å²) in [7, 11) is 0. The summed E-state index contributed by atoms with van der Waals surface area (Å²) in [6.07, 6.45) is 1.71. The van der Waals surface area contributed by atoms with Crippen LogP contribution in [0.25, 0.3) is 0 Å². The Morgan fingerprint density at radius 1 is 1.37 bits per heavy atom. The second-order valence-electron chi connectivity index (χ2n) is 3.31. The van der Waals surface area contributed by atoms with Crippen molar-refractivity contribution in [2.24, 2.45) is 0 Å². The van der Waals surface area contributed by atoms with Crippen LogP contribution in [-0.2, 0) is 4.79 Å². The largest absolute Gasteiger partial charge is 0.300 e. The number of nitrogens with one attached hydrogen (secondary N) is 1. The summed E-state index contributed by atoms with van der Waals surface area (Å²) in [5.41, 5.74) is 0. The van der Waals surface area contributed by atoms with Gasteiger partial charge in [-0.05, 0) is 17.9 Å². The van der Waals surface area contributed by atoms with Gasteiger partial charge in [0.25, 0.3) is 0 Å². The molecule has 0 aliphatic rings. The van der Waals surface area contributed by atoms with E-state index in [9.17, 15) is 4.79 Å². The molecule has 0 aromatic carbocycles. The van der Waals surface area contributed by atoms with Gasteiger partial charge in [0.2, 0.25) is 11.0 Å². The van der Waals surface area contributed by atoms with Gasteiger partial charge in [0, 0.05) is 6.20 Å². The van der Waals surface area contributed by atoms with Crippen molar-refractivity contribution in [1.82, 2.24) is 15.2 Å². The van der Waals surface area contributed by atoms with Crippen molar-refractivity contribution in [1.29, 1.82) is 0 Å². The van der Waals surface area contributed by atoms with E-state index in [1.807, 2.05) is 25.1 Å². The standard InChI is InChI=1S/C11H12N4OS3/c1-2-17-11-15-14-10(19-11)13-8(16)7-18-9-5-3-4-6-12-9/h3-6H,2,7H2,1H3,(H,13,14,16). The molecule has 100 valence electrons. The van der Waals surface area contributed by atoms with Crippen LogP contribution in [-0.4, -0.2) is 32.6 Å². The Kier molecular flexibility index (Phi) is 5.62. The number of amides is 1. The van der Waals surface area contributed by atoms with Crippen molar-refractivity contribution in [2.75, 3.05) is 16.8 Å². The first-order valence-electron chi connectivity index (χ1n) is 5.58. The third-order valence-electron chi connectivity index (χ3n) is 1.91. The molecular formula is C11H12N4OS3. The minimum absolute atomic E-state index is 0.0974. The molecule has 2 aromatic heterocycles. The van der Waals surface area contributed by atoms with E-state index in [1.165, 1.54) is 23.1 Å². The van der Waals surface area contributed by atoms with Crippen molar-refractivity contribution in [3.8, 4) is 0 Å². The lowest BCUT2D eigenvalue weighted by Gasteiger charge is -2.00. The highest BCUT2D eigenvalue weighted by molar-refractivity contribution is 8.01.